The van der Waals surface area contributed by atoms with Gasteiger partial charge in [-0.25, -0.2) is 0 Å². The summed E-state index contributed by atoms with van der Waals surface area (Å²) in [5.74, 6) is -0.0262. The predicted octanol–water partition coefficient (Wildman–Crippen LogP) is 2.97. The summed E-state index contributed by atoms with van der Waals surface area (Å²) in [7, 11) is 0. The molecule has 0 bridgehead atoms. The Labute approximate surface area is 155 Å². The number of rotatable bonds is 7. The Morgan fingerprint density at radius 1 is 0.885 bits per heavy atom. The fraction of sp³-hybridized carbons (Fsp3) is 0.364. The van der Waals surface area contributed by atoms with E-state index in [2.05, 4.69) is 5.32 Å². The SMILES string of the molecule is O=C(CCc1ccccc1)N[C@@H](Cc1ccccc1)C(=O)N1CCCC1. The number of aryl methyl sites for hydroxylation is 1. The molecule has 2 amide bonds. The number of amides is 2. The van der Waals surface area contributed by atoms with Crippen LogP contribution >= 0.6 is 0 Å². The number of nitrogens with one attached hydrogen (secondary N) is 1. The van der Waals surface area contributed by atoms with Crippen LogP contribution in [-0.2, 0) is 22.4 Å². The summed E-state index contributed by atoms with van der Waals surface area (Å²) < 4.78 is 0. The van der Waals surface area contributed by atoms with Crippen LogP contribution in [-0.4, -0.2) is 35.8 Å². The highest BCUT2D eigenvalue weighted by Crippen LogP contribution is 2.13. The van der Waals surface area contributed by atoms with Crippen LogP contribution in [0.25, 0.3) is 0 Å². The molecule has 1 saturated heterocycles. The molecule has 0 radical (unpaired) electrons. The standard InChI is InChI=1S/C22H26N2O2/c25-21(14-13-18-9-3-1-4-10-18)23-20(17-19-11-5-2-6-12-19)22(26)24-15-7-8-16-24/h1-6,9-12,20H,7-8,13-17H2,(H,23,25)/t20-/m0/s1. The molecule has 2 aromatic rings. The molecule has 1 aliphatic heterocycles. The van der Waals surface area contributed by atoms with Crippen LogP contribution in [0.2, 0.25) is 0 Å². The van der Waals surface area contributed by atoms with Gasteiger partial charge in [0.25, 0.3) is 0 Å². The summed E-state index contributed by atoms with van der Waals surface area (Å²) in [5, 5.41) is 2.98. The molecule has 2 aromatic carbocycles. The zero-order valence-electron chi connectivity index (χ0n) is 15.1. The summed E-state index contributed by atoms with van der Waals surface area (Å²) in [6.07, 6.45) is 3.70. The van der Waals surface area contributed by atoms with E-state index < -0.39 is 6.04 Å². The highest BCUT2D eigenvalue weighted by molar-refractivity contribution is 5.88. The van der Waals surface area contributed by atoms with Crippen molar-refractivity contribution >= 4 is 11.8 Å². The number of nitrogens with zero attached hydrogens (tertiary/aromatic N) is 1. The molecule has 3 rings (SSSR count). The zero-order chi connectivity index (χ0) is 18.2. The monoisotopic (exact) mass is 350 g/mol. The second-order valence-corrected chi connectivity index (χ2v) is 6.83. The lowest BCUT2D eigenvalue weighted by Crippen LogP contribution is -2.49. The first-order chi connectivity index (χ1) is 12.7. The number of likely N-dealkylation sites (tertiary alicyclic amines) is 1. The minimum atomic E-state index is -0.487. The van der Waals surface area contributed by atoms with Crippen LogP contribution in [0.5, 0.6) is 0 Å². The van der Waals surface area contributed by atoms with E-state index in [-0.39, 0.29) is 11.8 Å². The van der Waals surface area contributed by atoms with Gasteiger partial charge in [-0.2, -0.15) is 0 Å². The van der Waals surface area contributed by atoms with Crippen LogP contribution in [0, 0.1) is 0 Å². The normalized spacial score (nSPS) is 14.8. The summed E-state index contributed by atoms with van der Waals surface area (Å²) in [6, 6.07) is 19.3. The average Bonchev–Trinajstić information content (AvgIpc) is 3.22. The fourth-order valence-electron chi connectivity index (χ4n) is 3.38. The molecule has 0 saturated carbocycles. The molecular formula is C22H26N2O2. The first kappa shape index (κ1) is 18.2. The molecule has 1 aliphatic rings. The Balaban J connectivity index is 1.62. The molecule has 1 atom stereocenters. The molecule has 1 N–H and O–H groups in total. The molecule has 26 heavy (non-hydrogen) atoms. The first-order valence-electron chi connectivity index (χ1n) is 9.38. The molecule has 136 valence electrons. The third-order valence-electron chi connectivity index (χ3n) is 4.82. The quantitative estimate of drug-likeness (QED) is 0.835. The van der Waals surface area contributed by atoms with Crippen molar-refractivity contribution in [3.8, 4) is 0 Å². The number of benzene rings is 2. The van der Waals surface area contributed by atoms with E-state index in [1.165, 1.54) is 0 Å². The smallest absolute Gasteiger partial charge is 0.245 e. The molecule has 1 heterocycles. The van der Waals surface area contributed by atoms with Crippen LogP contribution in [0.1, 0.15) is 30.4 Å². The van der Waals surface area contributed by atoms with E-state index in [0.29, 0.717) is 19.3 Å². The molecule has 0 aliphatic carbocycles. The van der Waals surface area contributed by atoms with Crippen molar-refractivity contribution in [1.82, 2.24) is 10.2 Å². The molecule has 0 aromatic heterocycles. The summed E-state index contributed by atoms with van der Waals surface area (Å²) in [6.45, 7) is 1.59. The Hall–Kier alpha value is -2.62. The van der Waals surface area contributed by atoms with E-state index in [1.54, 1.807) is 0 Å². The van der Waals surface area contributed by atoms with Crippen molar-refractivity contribution < 1.29 is 9.59 Å². The van der Waals surface area contributed by atoms with Gasteiger partial charge in [0.1, 0.15) is 6.04 Å². The molecular weight excluding hydrogens is 324 g/mol. The van der Waals surface area contributed by atoms with Crippen molar-refractivity contribution in [3.05, 3.63) is 71.8 Å². The molecule has 0 spiro atoms. The van der Waals surface area contributed by atoms with Gasteiger partial charge in [-0.3, -0.25) is 9.59 Å². The van der Waals surface area contributed by atoms with E-state index in [1.807, 2.05) is 65.6 Å². The van der Waals surface area contributed by atoms with Gasteiger partial charge in [0, 0.05) is 25.9 Å². The predicted molar refractivity (Wildman–Crippen MR) is 103 cm³/mol. The maximum Gasteiger partial charge on any atom is 0.245 e. The molecule has 4 nitrogen and oxygen atoms in total. The number of carbonyl (C=O) groups is 2. The molecule has 0 unspecified atom stereocenters. The van der Waals surface area contributed by atoms with Gasteiger partial charge in [0.05, 0.1) is 0 Å². The van der Waals surface area contributed by atoms with E-state index in [0.717, 1.165) is 37.1 Å². The van der Waals surface area contributed by atoms with E-state index in [9.17, 15) is 9.59 Å². The largest absolute Gasteiger partial charge is 0.344 e. The maximum atomic E-state index is 12.9. The Morgan fingerprint density at radius 3 is 2.08 bits per heavy atom. The average molecular weight is 350 g/mol. The third kappa shape index (κ3) is 5.19. The van der Waals surface area contributed by atoms with Gasteiger partial charge in [-0.15, -0.1) is 0 Å². The van der Waals surface area contributed by atoms with Gasteiger partial charge >= 0.3 is 0 Å². The topological polar surface area (TPSA) is 49.4 Å². The van der Waals surface area contributed by atoms with Crippen molar-refractivity contribution in [2.75, 3.05) is 13.1 Å². The van der Waals surface area contributed by atoms with Gasteiger partial charge < -0.3 is 10.2 Å². The summed E-state index contributed by atoms with van der Waals surface area (Å²) >= 11 is 0. The van der Waals surface area contributed by atoms with Gasteiger partial charge in [-0.1, -0.05) is 60.7 Å². The fourth-order valence-corrected chi connectivity index (χ4v) is 3.38. The second-order valence-electron chi connectivity index (χ2n) is 6.83. The van der Waals surface area contributed by atoms with Crippen LogP contribution in [0.3, 0.4) is 0 Å². The maximum absolute atomic E-state index is 12.9. The van der Waals surface area contributed by atoms with Crippen molar-refractivity contribution in [3.63, 3.8) is 0 Å². The van der Waals surface area contributed by atoms with Crippen molar-refractivity contribution in [2.24, 2.45) is 0 Å². The van der Waals surface area contributed by atoms with E-state index in [4.69, 9.17) is 0 Å². The number of hydrogen-bond donors (Lipinski definition) is 1. The zero-order valence-corrected chi connectivity index (χ0v) is 15.1. The third-order valence-corrected chi connectivity index (χ3v) is 4.82. The summed E-state index contributed by atoms with van der Waals surface area (Å²) in [4.78, 5) is 27.2. The first-order valence-corrected chi connectivity index (χ1v) is 9.38. The second kappa shape index (κ2) is 9.18. The minimum absolute atomic E-state index is 0.0411. The van der Waals surface area contributed by atoms with Gasteiger partial charge in [-0.05, 0) is 30.4 Å². The molecule has 1 fully saturated rings. The van der Waals surface area contributed by atoms with Crippen molar-refractivity contribution in [2.45, 2.75) is 38.1 Å². The van der Waals surface area contributed by atoms with Gasteiger partial charge in [0.15, 0.2) is 0 Å². The highest BCUT2D eigenvalue weighted by atomic mass is 16.2. The van der Waals surface area contributed by atoms with Crippen molar-refractivity contribution in [1.29, 1.82) is 0 Å². The van der Waals surface area contributed by atoms with E-state index >= 15 is 0 Å². The van der Waals surface area contributed by atoms with Crippen LogP contribution in [0.4, 0.5) is 0 Å². The lowest BCUT2D eigenvalue weighted by atomic mass is 10.0. The lowest BCUT2D eigenvalue weighted by molar-refractivity contribution is -0.135. The number of hydrogen-bond acceptors (Lipinski definition) is 2. The Morgan fingerprint density at radius 2 is 1.46 bits per heavy atom. The minimum Gasteiger partial charge on any atom is -0.344 e. The Kier molecular flexibility index (Phi) is 6.42. The van der Waals surface area contributed by atoms with Crippen LogP contribution in [0.15, 0.2) is 60.7 Å². The molecule has 4 heteroatoms. The summed E-state index contributed by atoms with van der Waals surface area (Å²) in [5.41, 5.74) is 2.20. The number of carbonyl (C=O) groups excluding carboxylic acids is 2. The Bertz CT molecular complexity index is 709. The highest BCUT2D eigenvalue weighted by Gasteiger charge is 2.27. The lowest BCUT2D eigenvalue weighted by Gasteiger charge is -2.24. The van der Waals surface area contributed by atoms with Gasteiger partial charge in [0.2, 0.25) is 11.8 Å². The van der Waals surface area contributed by atoms with Crippen LogP contribution < -0.4 is 5.32 Å².